The first-order valence-electron chi connectivity index (χ1n) is 21.6. The molecule has 0 radical (unpaired) electrons. The highest BCUT2D eigenvalue weighted by Gasteiger charge is 2.48. The molecule has 5 aromatic rings. The standard InChI is InChI=1S/C47H52ClF3N6O6S2/c1-46(2)18-14-33(40(29-46)31-4-6-34(48)7-5-31)30-56-22-24-57(25-23-56)36-8-11-39(43(27-36)63-37-9-12-41-32(26-37)15-19-52-41)45(58)54-65(61,62)38-10-13-42(53-35-16-20-55(3)21-17-35)44(28-38)64(59,60)47(49,50)51/h4-13,15,19,26-28,35,52-53H,14,16-18,20-25,29-30H2,1-3H3,(H,54,58). The Labute approximate surface area is 382 Å². The summed E-state index contributed by atoms with van der Waals surface area (Å²) in [6.07, 6.45) is 5.92. The molecule has 65 heavy (non-hydrogen) atoms. The average molecular weight is 954 g/mol. The quantitative estimate of drug-likeness (QED) is 0.111. The van der Waals surface area contributed by atoms with E-state index in [2.05, 4.69) is 46.1 Å². The van der Waals surface area contributed by atoms with Gasteiger partial charge in [-0.25, -0.2) is 21.6 Å². The molecule has 0 bridgehead atoms. The molecular weight excluding hydrogens is 901 g/mol. The molecule has 3 aliphatic rings. The number of nitrogens with zero attached hydrogens (tertiary/aromatic N) is 3. The first-order chi connectivity index (χ1) is 30.7. The van der Waals surface area contributed by atoms with E-state index in [4.69, 9.17) is 16.3 Å². The van der Waals surface area contributed by atoms with E-state index in [1.807, 2.05) is 34.9 Å². The molecule has 2 aliphatic heterocycles. The van der Waals surface area contributed by atoms with Crippen LogP contribution in [0.5, 0.6) is 11.5 Å². The second-order valence-corrected chi connectivity index (χ2v) is 22.0. The Bertz CT molecular complexity index is 2830. The number of sulfonamides is 1. The molecule has 346 valence electrons. The number of sulfone groups is 1. The maximum absolute atomic E-state index is 14.0. The molecule has 8 rings (SSSR count). The second-order valence-electron chi connectivity index (χ2n) is 18.0. The number of aromatic amines is 1. The molecule has 0 spiro atoms. The van der Waals surface area contributed by atoms with Crippen molar-refractivity contribution in [1.29, 1.82) is 0 Å². The summed E-state index contributed by atoms with van der Waals surface area (Å²) in [5.41, 5.74) is -0.504. The number of carbonyl (C=O) groups excluding carboxylic acids is 1. The molecular formula is C47H52ClF3N6O6S2. The number of likely N-dealkylation sites (tertiary alicyclic amines) is 1. The van der Waals surface area contributed by atoms with Crippen LogP contribution in [0, 0.1) is 5.41 Å². The number of alkyl halides is 3. The van der Waals surface area contributed by atoms with Gasteiger partial charge in [0, 0.05) is 72.6 Å². The smallest absolute Gasteiger partial charge is 0.456 e. The van der Waals surface area contributed by atoms with Crippen molar-refractivity contribution < 1.29 is 39.5 Å². The van der Waals surface area contributed by atoms with Crippen LogP contribution in [0.2, 0.25) is 5.02 Å². The number of piperazine rings is 1. The van der Waals surface area contributed by atoms with Crippen LogP contribution in [-0.2, 0) is 19.9 Å². The summed E-state index contributed by atoms with van der Waals surface area (Å²) in [6.45, 7) is 9.57. The fourth-order valence-electron chi connectivity index (χ4n) is 8.84. The maximum atomic E-state index is 14.0. The molecule has 0 unspecified atom stereocenters. The summed E-state index contributed by atoms with van der Waals surface area (Å²) >= 11 is 6.23. The van der Waals surface area contributed by atoms with Crippen molar-refractivity contribution in [2.75, 3.05) is 63.1 Å². The van der Waals surface area contributed by atoms with Gasteiger partial charge in [-0.2, -0.15) is 13.2 Å². The van der Waals surface area contributed by atoms with Crippen LogP contribution in [0.15, 0.2) is 106 Å². The maximum Gasteiger partial charge on any atom is 0.501 e. The number of rotatable bonds is 12. The number of hydrogen-bond acceptors (Lipinski definition) is 10. The number of carbonyl (C=O) groups is 1. The summed E-state index contributed by atoms with van der Waals surface area (Å²) in [5.74, 6) is -0.729. The topological polar surface area (TPSA) is 144 Å². The Hall–Kier alpha value is -5.07. The van der Waals surface area contributed by atoms with Gasteiger partial charge >= 0.3 is 5.51 Å². The van der Waals surface area contributed by atoms with Gasteiger partial charge in [-0.15, -0.1) is 0 Å². The van der Waals surface area contributed by atoms with Crippen molar-refractivity contribution in [2.24, 2.45) is 5.41 Å². The molecule has 1 amide bonds. The normalized spacial score (nSPS) is 18.2. The van der Waals surface area contributed by atoms with Gasteiger partial charge < -0.3 is 24.8 Å². The van der Waals surface area contributed by atoms with Gasteiger partial charge in [0.25, 0.3) is 25.8 Å². The molecule has 1 aliphatic carbocycles. The van der Waals surface area contributed by atoms with E-state index >= 15 is 0 Å². The van der Waals surface area contributed by atoms with Crippen LogP contribution in [-0.4, -0.2) is 102 Å². The van der Waals surface area contributed by atoms with Gasteiger partial charge in [0.2, 0.25) is 0 Å². The van der Waals surface area contributed by atoms with Gasteiger partial charge in [-0.3, -0.25) is 9.69 Å². The van der Waals surface area contributed by atoms with Crippen LogP contribution in [0.25, 0.3) is 16.5 Å². The number of hydrogen-bond donors (Lipinski definition) is 3. The molecule has 1 aromatic heterocycles. The predicted molar refractivity (Wildman–Crippen MR) is 248 cm³/mol. The van der Waals surface area contributed by atoms with Gasteiger partial charge in [-0.05, 0) is 136 Å². The van der Waals surface area contributed by atoms with Crippen LogP contribution < -0.4 is 19.7 Å². The van der Waals surface area contributed by atoms with E-state index in [1.54, 1.807) is 36.5 Å². The summed E-state index contributed by atoms with van der Waals surface area (Å²) in [6, 6.07) is 22.0. The summed E-state index contributed by atoms with van der Waals surface area (Å²) < 4.78 is 104. The Kier molecular flexibility index (Phi) is 13.1. The Morgan fingerprint density at radius 2 is 1.62 bits per heavy atom. The molecule has 0 atom stereocenters. The van der Waals surface area contributed by atoms with E-state index in [-0.39, 0.29) is 28.5 Å². The predicted octanol–water partition coefficient (Wildman–Crippen LogP) is 9.32. The molecule has 3 heterocycles. The number of amides is 1. The van der Waals surface area contributed by atoms with Crippen molar-refractivity contribution in [2.45, 2.75) is 67.3 Å². The molecule has 0 saturated carbocycles. The SMILES string of the molecule is CN1CCC(Nc2ccc(S(=O)(=O)NC(=O)c3ccc(N4CCN(CC5=C(c6ccc(Cl)cc6)CC(C)(C)CC5)CC4)cc3Oc3ccc4[nH]ccc4c3)cc2S(=O)(=O)C(F)(F)F)CC1. The first kappa shape index (κ1) is 46.5. The fourth-order valence-corrected chi connectivity index (χ4v) is 11.0. The lowest BCUT2D eigenvalue weighted by Gasteiger charge is -2.39. The summed E-state index contributed by atoms with van der Waals surface area (Å²) in [4.78, 5) is 21.7. The summed E-state index contributed by atoms with van der Waals surface area (Å²) in [5, 5.41) is 4.41. The van der Waals surface area contributed by atoms with Crippen LogP contribution in [0.3, 0.4) is 0 Å². The number of aromatic nitrogens is 1. The number of benzene rings is 4. The fraction of sp³-hybridized carbons (Fsp3) is 0.383. The van der Waals surface area contributed by atoms with Crippen molar-refractivity contribution >= 4 is 65.2 Å². The second kappa shape index (κ2) is 18.3. The molecule has 3 N–H and O–H groups in total. The van der Waals surface area contributed by atoms with Crippen LogP contribution in [0.4, 0.5) is 24.5 Å². The Balaban J connectivity index is 1.04. The van der Waals surface area contributed by atoms with E-state index in [9.17, 15) is 34.8 Å². The zero-order valence-corrected chi connectivity index (χ0v) is 38.7. The molecule has 2 fully saturated rings. The van der Waals surface area contributed by atoms with Gasteiger partial charge in [0.15, 0.2) is 0 Å². The van der Waals surface area contributed by atoms with Gasteiger partial charge in [-0.1, -0.05) is 43.2 Å². The number of fused-ring (bicyclic) bond motifs is 1. The van der Waals surface area contributed by atoms with E-state index in [0.29, 0.717) is 55.9 Å². The number of anilines is 2. The highest BCUT2D eigenvalue weighted by atomic mass is 35.5. The lowest BCUT2D eigenvalue weighted by Crippen LogP contribution is -2.47. The number of nitrogens with one attached hydrogen (secondary N) is 3. The summed E-state index contributed by atoms with van der Waals surface area (Å²) in [7, 11) is -9.06. The molecule has 4 aromatic carbocycles. The highest BCUT2D eigenvalue weighted by Crippen LogP contribution is 2.44. The Morgan fingerprint density at radius 1 is 0.892 bits per heavy atom. The third kappa shape index (κ3) is 10.5. The van der Waals surface area contributed by atoms with Gasteiger partial charge in [0.1, 0.15) is 16.4 Å². The van der Waals surface area contributed by atoms with E-state index < -0.39 is 41.1 Å². The lowest BCUT2D eigenvalue weighted by atomic mass is 9.72. The minimum Gasteiger partial charge on any atom is -0.456 e. The highest BCUT2D eigenvalue weighted by molar-refractivity contribution is 7.92. The number of H-pyrrole nitrogens is 1. The number of allylic oxidation sites excluding steroid dienone is 1. The number of halogens is 4. The van der Waals surface area contributed by atoms with Crippen LogP contribution >= 0.6 is 11.6 Å². The van der Waals surface area contributed by atoms with E-state index in [0.717, 1.165) is 67.6 Å². The monoisotopic (exact) mass is 952 g/mol. The third-order valence-corrected chi connectivity index (χ3v) is 15.8. The van der Waals surface area contributed by atoms with Gasteiger partial charge in [0.05, 0.1) is 16.1 Å². The zero-order chi connectivity index (χ0) is 46.3. The van der Waals surface area contributed by atoms with Crippen LogP contribution in [0.1, 0.15) is 61.9 Å². The Morgan fingerprint density at radius 3 is 2.32 bits per heavy atom. The van der Waals surface area contributed by atoms with E-state index in [1.165, 1.54) is 22.8 Å². The molecule has 12 nitrogen and oxygen atoms in total. The van der Waals surface area contributed by atoms with Crippen molar-refractivity contribution in [3.05, 3.63) is 113 Å². The minimum atomic E-state index is -6.02. The van der Waals surface area contributed by atoms with Crippen molar-refractivity contribution in [3.8, 4) is 11.5 Å². The molecule has 2 saturated heterocycles. The minimum absolute atomic E-state index is 0.0353. The number of ether oxygens (including phenoxy) is 1. The number of piperidine rings is 1. The third-order valence-electron chi connectivity index (χ3n) is 12.7. The van der Waals surface area contributed by atoms with Crippen molar-refractivity contribution in [1.82, 2.24) is 19.5 Å². The largest absolute Gasteiger partial charge is 0.501 e. The zero-order valence-electron chi connectivity index (χ0n) is 36.3. The lowest BCUT2D eigenvalue weighted by molar-refractivity contribution is -0.0435. The first-order valence-corrected chi connectivity index (χ1v) is 24.9. The molecule has 18 heteroatoms. The average Bonchev–Trinajstić information content (AvgIpc) is 3.73. The van der Waals surface area contributed by atoms with Crippen molar-refractivity contribution in [3.63, 3.8) is 0 Å².